The van der Waals surface area contributed by atoms with Crippen LogP contribution in [0.25, 0.3) is 0 Å². The highest BCUT2D eigenvalue weighted by Gasteiger charge is 2.22. The molecule has 0 bridgehead atoms. The Kier molecular flexibility index (Phi) is 4.11. The van der Waals surface area contributed by atoms with Gasteiger partial charge in [0.25, 0.3) is 0 Å². The van der Waals surface area contributed by atoms with E-state index in [0.29, 0.717) is 12.0 Å². The predicted octanol–water partition coefficient (Wildman–Crippen LogP) is 3.04. The van der Waals surface area contributed by atoms with Crippen molar-refractivity contribution in [2.75, 3.05) is 24.6 Å². The quantitative estimate of drug-likeness (QED) is 0.905. The highest BCUT2D eigenvalue weighted by molar-refractivity contribution is 7.99. The van der Waals surface area contributed by atoms with E-state index in [0.717, 1.165) is 18.0 Å². The maximum Gasteiger partial charge on any atom is 0.123 e. The molecular formula is C15H21NOS. The molecule has 2 atom stereocenters. The van der Waals surface area contributed by atoms with E-state index in [1.807, 2.05) is 11.8 Å². The lowest BCUT2D eigenvalue weighted by molar-refractivity contribution is 0.225. The lowest BCUT2D eigenvalue weighted by atomic mass is 9.91. The van der Waals surface area contributed by atoms with Crippen LogP contribution in [-0.2, 0) is 0 Å². The summed E-state index contributed by atoms with van der Waals surface area (Å²) in [5.74, 6) is 4.15. The van der Waals surface area contributed by atoms with Gasteiger partial charge in [-0.2, -0.15) is 11.8 Å². The summed E-state index contributed by atoms with van der Waals surface area (Å²) in [6.45, 7) is 2.26. The number of hydrogen-bond acceptors (Lipinski definition) is 3. The second-order valence-electron chi connectivity index (χ2n) is 5.18. The minimum Gasteiger partial charge on any atom is -0.489 e. The van der Waals surface area contributed by atoms with E-state index in [1.54, 1.807) is 0 Å². The van der Waals surface area contributed by atoms with E-state index in [-0.39, 0.29) is 0 Å². The number of para-hydroxylation sites is 1. The minimum absolute atomic E-state index is 0.424. The number of hydrogen-bond donors (Lipinski definition) is 1. The molecular weight excluding hydrogens is 242 g/mol. The van der Waals surface area contributed by atoms with E-state index >= 15 is 0 Å². The van der Waals surface area contributed by atoms with Crippen LogP contribution in [0, 0.1) is 0 Å². The summed E-state index contributed by atoms with van der Waals surface area (Å²) in [5, 5.41) is 3.49. The van der Waals surface area contributed by atoms with Gasteiger partial charge in [0.05, 0.1) is 0 Å². The fraction of sp³-hybridized carbons (Fsp3) is 0.600. The number of benzene rings is 1. The van der Waals surface area contributed by atoms with E-state index in [1.165, 1.54) is 37.1 Å². The molecule has 1 N–H and O–H groups in total. The van der Waals surface area contributed by atoms with Crippen molar-refractivity contribution in [3.8, 4) is 5.75 Å². The van der Waals surface area contributed by atoms with E-state index in [2.05, 4.69) is 29.6 Å². The summed E-state index contributed by atoms with van der Waals surface area (Å²) < 4.78 is 6.21. The molecule has 2 unspecified atom stereocenters. The lowest BCUT2D eigenvalue weighted by Gasteiger charge is -2.26. The number of nitrogens with one attached hydrogen (secondary N) is 1. The van der Waals surface area contributed by atoms with Gasteiger partial charge in [-0.15, -0.1) is 0 Å². The van der Waals surface area contributed by atoms with Crippen molar-refractivity contribution >= 4 is 11.8 Å². The Bertz CT molecular complexity index is 384. The molecule has 2 aliphatic heterocycles. The Balaban J connectivity index is 1.75. The summed E-state index contributed by atoms with van der Waals surface area (Å²) in [7, 11) is 0. The van der Waals surface area contributed by atoms with Crippen LogP contribution in [0.15, 0.2) is 24.3 Å². The SMILES string of the molecule is c1ccc(C2CCCNC2)c(OC2CCSC2)c1. The van der Waals surface area contributed by atoms with Crippen LogP contribution < -0.4 is 10.1 Å². The van der Waals surface area contributed by atoms with Crippen molar-refractivity contribution in [2.24, 2.45) is 0 Å². The van der Waals surface area contributed by atoms with Crippen molar-refractivity contribution in [2.45, 2.75) is 31.3 Å². The lowest BCUT2D eigenvalue weighted by Crippen LogP contribution is -2.29. The molecule has 98 valence electrons. The number of rotatable bonds is 3. The van der Waals surface area contributed by atoms with Gasteiger partial charge in [0.15, 0.2) is 0 Å². The van der Waals surface area contributed by atoms with Crippen LogP contribution in [0.3, 0.4) is 0 Å². The Morgan fingerprint density at radius 1 is 1.22 bits per heavy atom. The minimum atomic E-state index is 0.424. The summed E-state index contributed by atoms with van der Waals surface area (Å²) >= 11 is 2.01. The number of thioether (sulfide) groups is 1. The van der Waals surface area contributed by atoms with E-state index in [4.69, 9.17) is 4.74 Å². The molecule has 0 aliphatic carbocycles. The molecule has 3 rings (SSSR count). The molecule has 1 aromatic rings. The van der Waals surface area contributed by atoms with Crippen LogP contribution in [0.5, 0.6) is 5.75 Å². The van der Waals surface area contributed by atoms with Gasteiger partial charge in [-0.3, -0.25) is 0 Å². The average Bonchev–Trinajstić information content (AvgIpc) is 2.93. The molecule has 2 saturated heterocycles. The summed E-state index contributed by atoms with van der Waals surface area (Å²) in [4.78, 5) is 0. The third-order valence-electron chi connectivity index (χ3n) is 3.84. The van der Waals surface area contributed by atoms with Crippen LogP contribution in [0.2, 0.25) is 0 Å². The van der Waals surface area contributed by atoms with Crippen molar-refractivity contribution in [1.82, 2.24) is 5.32 Å². The fourth-order valence-corrected chi connectivity index (χ4v) is 3.92. The maximum atomic E-state index is 6.21. The van der Waals surface area contributed by atoms with E-state index < -0.39 is 0 Å². The summed E-state index contributed by atoms with van der Waals surface area (Å²) in [6.07, 6.45) is 4.18. The van der Waals surface area contributed by atoms with Gasteiger partial charge < -0.3 is 10.1 Å². The van der Waals surface area contributed by atoms with Crippen molar-refractivity contribution in [1.29, 1.82) is 0 Å². The highest BCUT2D eigenvalue weighted by Crippen LogP contribution is 2.33. The van der Waals surface area contributed by atoms with Gasteiger partial charge >= 0.3 is 0 Å². The van der Waals surface area contributed by atoms with Crippen molar-refractivity contribution in [3.63, 3.8) is 0 Å². The molecule has 2 aliphatic rings. The summed E-state index contributed by atoms with van der Waals surface area (Å²) in [6, 6.07) is 8.62. The van der Waals surface area contributed by atoms with Crippen molar-refractivity contribution < 1.29 is 4.74 Å². The average molecular weight is 263 g/mol. The first-order valence-electron chi connectivity index (χ1n) is 6.97. The smallest absolute Gasteiger partial charge is 0.123 e. The van der Waals surface area contributed by atoms with Crippen LogP contribution in [0.4, 0.5) is 0 Å². The fourth-order valence-electron chi connectivity index (χ4n) is 2.83. The van der Waals surface area contributed by atoms with Gasteiger partial charge in [0.1, 0.15) is 11.9 Å². The first-order chi connectivity index (χ1) is 8.93. The standard InChI is InChI=1S/C15H21NOS/c1-2-6-15(17-13-7-9-18-11-13)14(5-1)12-4-3-8-16-10-12/h1-2,5-6,12-13,16H,3-4,7-11H2. The normalized spacial score (nSPS) is 28.2. The van der Waals surface area contributed by atoms with Gasteiger partial charge in [-0.05, 0) is 43.2 Å². The van der Waals surface area contributed by atoms with Crippen LogP contribution >= 0.6 is 11.8 Å². The topological polar surface area (TPSA) is 21.3 Å². The number of ether oxygens (including phenoxy) is 1. The molecule has 2 nitrogen and oxygen atoms in total. The molecule has 2 heterocycles. The molecule has 0 amide bonds. The van der Waals surface area contributed by atoms with Gasteiger partial charge in [-0.25, -0.2) is 0 Å². The maximum absolute atomic E-state index is 6.21. The third kappa shape index (κ3) is 2.83. The molecule has 18 heavy (non-hydrogen) atoms. The Morgan fingerprint density at radius 2 is 2.17 bits per heavy atom. The molecule has 1 aromatic carbocycles. The Hall–Kier alpha value is -0.670. The van der Waals surface area contributed by atoms with Gasteiger partial charge in [-0.1, -0.05) is 18.2 Å². The second-order valence-corrected chi connectivity index (χ2v) is 6.33. The molecule has 0 spiro atoms. The molecule has 2 fully saturated rings. The third-order valence-corrected chi connectivity index (χ3v) is 4.97. The Labute approximate surface area is 113 Å². The number of piperidine rings is 1. The van der Waals surface area contributed by atoms with Gasteiger partial charge in [0.2, 0.25) is 0 Å². The monoisotopic (exact) mass is 263 g/mol. The largest absolute Gasteiger partial charge is 0.489 e. The molecule has 0 saturated carbocycles. The predicted molar refractivity (Wildman–Crippen MR) is 77.6 cm³/mol. The highest BCUT2D eigenvalue weighted by atomic mass is 32.2. The van der Waals surface area contributed by atoms with Gasteiger partial charge in [0, 0.05) is 18.2 Å². The zero-order valence-electron chi connectivity index (χ0n) is 10.7. The second kappa shape index (κ2) is 5.98. The van der Waals surface area contributed by atoms with E-state index in [9.17, 15) is 0 Å². The first-order valence-corrected chi connectivity index (χ1v) is 8.13. The van der Waals surface area contributed by atoms with Crippen LogP contribution in [0.1, 0.15) is 30.7 Å². The van der Waals surface area contributed by atoms with Crippen LogP contribution in [-0.4, -0.2) is 30.7 Å². The van der Waals surface area contributed by atoms with Crippen molar-refractivity contribution in [3.05, 3.63) is 29.8 Å². The molecule has 3 heteroatoms. The summed E-state index contributed by atoms with van der Waals surface area (Å²) in [5.41, 5.74) is 1.40. The zero-order chi connectivity index (χ0) is 12.2. The molecule has 0 aromatic heterocycles. The Morgan fingerprint density at radius 3 is 2.94 bits per heavy atom. The zero-order valence-corrected chi connectivity index (χ0v) is 11.5. The molecule has 0 radical (unpaired) electrons. The first kappa shape index (κ1) is 12.4.